The predicted molar refractivity (Wildman–Crippen MR) is 72.6 cm³/mol. The maximum Gasteiger partial charge on any atom is 0.259 e. The Balaban J connectivity index is 0. The number of aliphatic hydroxyl groups is 1. The predicted octanol–water partition coefficient (Wildman–Crippen LogP) is 1.66. The molecule has 0 heterocycles. The summed E-state index contributed by atoms with van der Waals surface area (Å²) >= 11 is 8.51. The molecule has 5 N–H and O–H groups in total. The van der Waals surface area contributed by atoms with Gasteiger partial charge in [0.25, 0.3) is 10.3 Å². The second-order valence-corrected chi connectivity index (χ2v) is 3.54. The van der Waals surface area contributed by atoms with Crippen LogP contribution >= 0.6 is 24.4 Å². The van der Waals surface area contributed by atoms with E-state index < -0.39 is 5.17 Å². The van der Waals surface area contributed by atoms with Gasteiger partial charge in [-0.25, -0.2) is 0 Å². The average Bonchev–Trinajstić information content (AvgIpc) is 2.17. The number of benzene rings is 1. The van der Waals surface area contributed by atoms with Crippen LogP contribution in [-0.2, 0) is 25.9 Å². The molecule has 0 aliphatic carbocycles. The van der Waals surface area contributed by atoms with E-state index in [-0.39, 0.29) is 24.7 Å². The Morgan fingerprint density at radius 3 is 2.18 bits per heavy atom. The van der Waals surface area contributed by atoms with Crippen molar-refractivity contribution in [1.29, 1.82) is 0 Å². The van der Waals surface area contributed by atoms with Gasteiger partial charge >= 0.3 is 0 Å². The Hall–Kier alpha value is -0.777. The van der Waals surface area contributed by atoms with E-state index in [1.54, 1.807) is 0 Å². The van der Waals surface area contributed by atoms with E-state index in [0.29, 0.717) is 0 Å². The molecule has 7 heteroatoms. The third-order valence-corrected chi connectivity index (χ3v) is 1.65. The summed E-state index contributed by atoms with van der Waals surface area (Å²) in [6.45, 7) is 2.06. The topological polar surface area (TPSA) is 81.5 Å². The minimum Gasteiger partial charge on any atom is -0.487 e. The quantitative estimate of drug-likeness (QED) is 0.567. The fourth-order valence-electron chi connectivity index (χ4n) is 1.00. The molecule has 1 aromatic rings. The van der Waals surface area contributed by atoms with Crippen LogP contribution in [0.4, 0.5) is 0 Å². The largest absolute Gasteiger partial charge is 0.487 e. The number of aliphatic hydroxyl groups excluding tert-OH is 1. The van der Waals surface area contributed by atoms with Crippen molar-refractivity contribution >= 4 is 34.8 Å². The van der Waals surface area contributed by atoms with Gasteiger partial charge in [-0.3, -0.25) is 0 Å². The van der Waals surface area contributed by atoms with Gasteiger partial charge in [0.2, 0.25) is 0 Å². The minimum atomic E-state index is -0.500. The monoisotopic (exact) mass is 322 g/mol. The van der Waals surface area contributed by atoms with Crippen LogP contribution in [0.15, 0.2) is 24.3 Å². The summed E-state index contributed by atoms with van der Waals surface area (Å²) < 4.78 is 5.15. The Bertz CT molecular complexity index is 371. The van der Waals surface area contributed by atoms with Crippen molar-refractivity contribution in [1.82, 2.24) is 0 Å². The third kappa shape index (κ3) is 10.1. The van der Waals surface area contributed by atoms with Crippen LogP contribution in [0.5, 0.6) is 5.75 Å². The van der Waals surface area contributed by atoms with Crippen LogP contribution in [0, 0.1) is 0 Å². The molecule has 0 aliphatic rings. The minimum absolute atomic E-state index is 0. The van der Waals surface area contributed by atoms with Crippen molar-refractivity contribution in [3.05, 3.63) is 29.8 Å². The van der Waals surface area contributed by atoms with E-state index in [4.69, 9.17) is 15.6 Å². The van der Waals surface area contributed by atoms with Crippen molar-refractivity contribution in [2.75, 3.05) is 0 Å². The van der Waals surface area contributed by atoms with Gasteiger partial charge in [0.1, 0.15) is 5.75 Å². The normalized spacial score (nSPS) is 8.06. The second kappa shape index (κ2) is 10.4. The first kappa shape index (κ1) is 18.6. The summed E-state index contributed by atoms with van der Waals surface area (Å²) in [5, 5.41) is 7.13. The molecule has 0 bridgehead atoms. The van der Waals surface area contributed by atoms with E-state index in [0.717, 1.165) is 17.7 Å². The number of ether oxygens (including phenoxy) is 1. The SMILES string of the molecule is CCc1ccccc1OC(N)=S.NC(O)=S.[Zn]. The van der Waals surface area contributed by atoms with Crippen molar-refractivity contribution in [3.8, 4) is 5.75 Å². The van der Waals surface area contributed by atoms with Gasteiger partial charge in [-0.05, 0) is 42.5 Å². The van der Waals surface area contributed by atoms with E-state index >= 15 is 0 Å². The second-order valence-electron chi connectivity index (χ2n) is 2.72. The van der Waals surface area contributed by atoms with E-state index in [1.165, 1.54) is 0 Å². The fourth-order valence-corrected chi connectivity index (χ4v) is 1.09. The first-order valence-corrected chi connectivity index (χ1v) is 5.32. The number of hydrogen-bond donors (Lipinski definition) is 3. The van der Waals surface area contributed by atoms with E-state index in [2.05, 4.69) is 37.1 Å². The summed E-state index contributed by atoms with van der Waals surface area (Å²) in [4.78, 5) is 0. The molecule has 17 heavy (non-hydrogen) atoms. The molecule has 0 aromatic heterocycles. The standard InChI is InChI=1S/C9H11NOS.CH3NOS.Zn/c1-2-7-5-3-4-6-8(7)11-9(10)12;2-1(3)4;/h3-6H,2H2,1H3,(H2,10,12);(H3,2,3,4);. The first-order valence-electron chi connectivity index (χ1n) is 4.51. The molecule has 0 saturated carbocycles. The number of para-hydroxylation sites is 1. The van der Waals surface area contributed by atoms with E-state index in [9.17, 15) is 0 Å². The molecule has 90 valence electrons. The van der Waals surface area contributed by atoms with Crippen molar-refractivity contribution < 1.29 is 29.3 Å². The third-order valence-electron chi connectivity index (χ3n) is 1.56. The zero-order valence-corrected chi connectivity index (χ0v) is 14.2. The van der Waals surface area contributed by atoms with Gasteiger partial charge in [-0.15, -0.1) is 0 Å². The zero-order valence-electron chi connectivity index (χ0n) is 9.55. The molecule has 0 unspecified atom stereocenters. The molecule has 0 fully saturated rings. The Kier molecular flexibility index (Phi) is 11.3. The van der Waals surface area contributed by atoms with Gasteiger partial charge in [-0.1, -0.05) is 25.1 Å². The van der Waals surface area contributed by atoms with Crippen LogP contribution in [-0.4, -0.2) is 15.5 Å². The molecule has 0 atom stereocenters. The Morgan fingerprint density at radius 1 is 1.29 bits per heavy atom. The molecular formula is C10H14N2O2S2Zn. The van der Waals surface area contributed by atoms with Crippen LogP contribution < -0.4 is 16.2 Å². The van der Waals surface area contributed by atoms with Crippen LogP contribution in [0.3, 0.4) is 0 Å². The molecule has 0 amide bonds. The van der Waals surface area contributed by atoms with Crippen LogP contribution in [0.2, 0.25) is 0 Å². The Labute approximate surface area is 124 Å². The maximum absolute atomic E-state index is 7.56. The molecule has 4 nitrogen and oxygen atoms in total. The summed E-state index contributed by atoms with van der Waals surface area (Å²) in [5.74, 6) is 0.757. The summed E-state index contributed by atoms with van der Waals surface area (Å²) in [6, 6.07) is 7.71. The fraction of sp³-hybridized carbons (Fsp3) is 0.200. The number of thiocarbonyl (C=S) groups is 2. The maximum atomic E-state index is 7.56. The molecule has 0 spiro atoms. The molecular weight excluding hydrogens is 310 g/mol. The number of rotatable bonds is 2. The molecule has 0 saturated heterocycles. The smallest absolute Gasteiger partial charge is 0.259 e. The van der Waals surface area contributed by atoms with Crippen molar-refractivity contribution in [2.24, 2.45) is 11.5 Å². The molecule has 1 rings (SSSR count). The molecule has 1 aromatic carbocycles. The van der Waals surface area contributed by atoms with Gasteiger partial charge in [0.05, 0.1) is 0 Å². The number of hydrogen-bond acceptors (Lipinski definition) is 3. The van der Waals surface area contributed by atoms with Crippen LogP contribution in [0.25, 0.3) is 0 Å². The molecule has 0 aliphatic heterocycles. The molecule has 0 radical (unpaired) electrons. The summed E-state index contributed by atoms with van der Waals surface area (Å²) in [5.41, 5.74) is 10.8. The van der Waals surface area contributed by atoms with Gasteiger partial charge in [-0.2, -0.15) is 0 Å². The van der Waals surface area contributed by atoms with E-state index in [1.807, 2.05) is 24.3 Å². The van der Waals surface area contributed by atoms with Gasteiger partial charge in [0, 0.05) is 19.5 Å². The van der Waals surface area contributed by atoms with Crippen LogP contribution in [0.1, 0.15) is 12.5 Å². The zero-order chi connectivity index (χ0) is 12.6. The van der Waals surface area contributed by atoms with Gasteiger partial charge < -0.3 is 21.3 Å². The van der Waals surface area contributed by atoms with Crippen molar-refractivity contribution in [3.63, 3.8) is 0 Å². The van der Waals surface area contributed by atoms with Crippen molar-refractivity contribution in [2.45, 2.75) is 13.3 Å². The van der Waals surface area contributed by atoms with Gasteiger partial charge in [0.15, 0.2) is 0 Å². The number of nitrogens with two attached hydrogens (primary N) is 2. The summed E-state index contributed by atoms with van der Waals surface area (Å²) in [6.07, 6.45) is 0.915. The average molecular weight is 324 g/mol. The number of aryl methyl sites for hydroxylation is 1. The first-order chi connectivity index (χ1) is 7.47. The summed E-state index contributed by atoms with van der Waals surface area (Å²) in [7, 11) is 0. The Morgan fingerprint density at radius 2 is 1.76 bits per heavy atom.